The zero-order valence-corrected chi connectivity index (χ0v) is 14.1. The van der Waals surface area contributed by atoms with Gasteiger partial charge in [0.25, 0.3) is 0 Å². The average Bonchev–Trinajstić information content (AvgIpc) is 2.58. The third-order valence-corrected chi connectivity index (χ3v) is 4.62. The molecule has 2 aliphatic rings. The summed E-state index contributed by atoms with van der Waals surface area (Å²) in [6.45, 7) is 6.86. The first-order valence-corrected chi connectivity index (χ1v) is 8.39. The minimum absolute atomic E-state index is 0.250. The molecule has 0 spiro atoms. The fourth-order valence-electron chi connectivity index (χ4n) is 3.03. The van der Waals surface area contributed by atoms with E-state index in [1.165, 1.54) is 0 Å². The highest BCUT2D eigenvalue weighted by atomic mass is 16.5. The van der Waals surface area contributed by atoms with Gasteiger partial charge < -0.3 is 20.3 Å². The van der Waals surface area contributed by atoms with Gasteiger partial charge in [0.05, 0.1) is 13.2 Å². The standard InChI is InChI=1S/C17H27N5O/c1-17(12-23-13-17)11-20-16(18-2)21-14-6-9-22(10-7-14)15-5-3-4-8-19-15/h3-5,8,14H,6-7,9-13H2,1-2H3,(H2,18,20,21). The maximum atomic E-state index is 5.30. The number of ether oxygens (including phenoxy) is 1. The van der Waals surface area contributed by atoms with Crippen LogP contribution in [-0.2, 0) is 4.74 Å². The zero-order chi connectivity index (χ0) is 16.1. The van der Waals surface area contributed by atoms with Crippen molar-refractivity contribution >= 4 is 11.8 Å². The Labute approximate surface area is 138 Å². The Balaban J connectivity index is 1.44. The Morgan fingerprint density at radius 2 is 2.17 bits per heavy atom. The molecule has 0 atom stereocenters. The summed E-state index contributed by atoms with van der Waals surface area (Å²) in [5.74, 6) is 1.97. The van der Waals surface area contributed by atoms with Crippen LogP contribution in [0, 0.1) is 5.41 Å². The second-order valence-corrected chi connectivity index (χ2v) is 6.82. The van der Waals surface area contributed by atoms with Crippen LogP contribution in [0.3, 0.4) is 0 Å². The molecule has 3 heterocycles. The van der Waals surface area contributed by atoms with E-state index in [9.17, 15) is 0 Å². The van der Waals surface area contributed by atoms with Gasteiger partial charge in [-0.05, 0) is 25.0 Å². The van der Waals surface area contributed by atoms with Gasteiger partial charge in [-0.1, -0.05) is 13.0 Å². The Hall–Kier alpha value is -1.82. The Kier molecular flexibility index (Phi) is 5.00. The molecule has 6 nitrogen and oxygen atoms in total. The van der Waals surface area contributed by atoms with Gasteiger partial charge >= 0.3 is 0 Å². The van der Waals surface area contributed by atoms with Crippen LogP contribution in [-0.4, -0.2) is 56.9 Å². The summed E-state index contributed by atoms with van der Waals surface area (Å²) in [5, 5.41) is 6.98. The Bertz CT molecular complexity index is 521. The lowest BCUT2D eigenvalue weighted by Gasteiger charge is -2.39. The molecule has 0 unspecified atom stereocenters. The molecule has 0 amide bonds. The average molecular weight is 317 g/mol. The fourth-order valence-corrected chi connectivity index (χ4v) is 3.03. The molecule has 3 rings (SSSR count). The number of aromatic nitrogens is 1. The van der Waals surface area contributed by atoms with E-state index in [2.05, 4.69) is 38.5 Å². The number of pyridine rings is 1. The lowest BCUT2D eigenvalue weighted by Crippen LogP contribution is -2.53. The minimum atomic E-state index is 0.250. The molecule has 1 aromatic rings. The lowest BCUT2D eigenvalue weighted by molar-refractivity contribution is -0.0971. The molecule has 126 valence electrons. The van der Waals surface area contributed by atoms with Crippen molar-refractivity contribution in [3.05, 3.63) is 24.4 Å². The van der Waals surface area contributed by atoms with Gasteiger partial charge in [0.15, 0.2) is 5.96 Å². The van der Waals surface area contributed by atoms with E-state index in [0.29, 0.717) is 6.04 Å². The number of nitrogens with zero attached hydrogens (tertiary/aromatic N) is 3. The third kappa shape index (κ3) is 4.13. The van der Waals surface area contributed by atoms with Crippen molar-refractivity contribution in [2.45, 2.75) is 25.8 Å². The molecule has 0 saturated carbocycles. The van der Waals surface area contributed by atoms with Crippen LogP contribution in [0.15, 0.2) is 29.4 Å². The van der Waals surface area contributed by atoms with E-state index in [1.54, 1.807) is 0 Å². The lowest BCUT2D eigenvalue weighted by atomic mass is 9.89. The molecule has 0 aromatic carbocycles. The summed E-state index contributed by atoms with van der Waals surface area (Å²) in [4.78, 5) is 11.1. The largest absolute Gasteiger partial charge is 0.380 e. The van der Waals surface area contributed by atoms with E-state index in [1.807, 2.05) is 25.4 Å². The second kappa shape index (κ2) is 7.17. The summed E-state index contributed by atoms with van der Waals surface area (Å²) in [6.07, 6.45) is 4.05. The molecule has 0 radical (unpaired) electrons. The van der Waals surface area contributed by atoms with E-state index >= 15 is 0 Å². The minimum Gasteiger partial charge on any atom is -0.380 e. The number of hydrogen-bond acceptors (Lipinski definition) is 4. The molecule has 2 fully saturated rings. The van der Waals surface area contributed by atoms with Crippen LogP contribution in [0.5, 0.6) is 0 Å². The highest BCUT2D eigenvalue weighted by molar-refractivity contribution is 5.80. The van der Waals surface area contributed by atoms with E-state index in [4.69, 9.17) is 4.74 Å². The first kappa shape index (κ1) is 16.1. The number of nitrogens with one attached hydrogen (secondary N) is 2. The van der Waals surface area contributed by atoms with Crippen LogP contribution in [0.1, 0.15) is 19.8 Å². The van der Waals surface area contributed by atoms with Gasteiger partial charge in [0.1, 0.15) is 5.82 Å². The van der Waals surface area contributed by atoms with Gasteiger partial charge in [-0.25, -0.2) is 4.98 Å². The first-order chi connectivity index (χ1) is 11.2. The summed E-state index contributed by atoms with van der Waals surface area (Å²) in [7, 11) is 1.83. The predicted molar refractivity (Wildman–Crippen MR) is 92.9 cm³/mol. The van der Waals surface area contributed by atoms with Crippen molar-refractivity contribution < 1.29 is 4.74 Å². The van der Waals surface area contributed by atoms with E-state index in [0.717, 1.165) is 57.5 Å². The quantitative estimate of drug-likeness (QED) is 0.646. The number of hydrogen-bond donors (Lipinski definition) is 2. The maximum Gasteiger partial charge on any atom is 0.191 e. The Morgan fingerprint density at radius 3 is 2.74 bits per heavy atom. The van der Waals surface area contributed by atoms with E-state index in [-0.39, 0.29) is 5.41 Å². The SMILES string of the molecule is CN=C(NCC1(C)COC1)NC1CCN(c2ccccn2)CC1. The topological polar surface area (TPSA) is 61.8 Å². The van der Waals surface area contributed by atoms with Gasteiger partial charge in [-0.3, -0.25) is 4.99 Å². The smallest absolute Gasteiger partial charge is 0.191 e. The van der Waals surface area contributed by atoms with Crippen LogP contribution >= 0.6 is 0 Å². The number of guanidine groups is 1. The molecule has 2 aliphatic heterocycles. The predicted octanol–water partition coefficient (Wildman–Crippen LogP) is 1.25. The third-order valence-electron chi connectivity index (χ3n) is 4.62. The monoisotopic (exact) mass is 317 g/mol. The highest BCUT2D eigenvalue weighted by Gasteiger charge is 2.33. The number of rotatable bonds is 4. The van der Waals surface area contributed by atoms with Crippen LogP contribution in [0.2, 0.25) is 0 Å². The van der Waals surface area contributed by atoms with Crippen molar-refractivity contribution in [1.29, 1.82) is 0 Å². The Morgan fingerprint density at radius 1 is 1.39 bits per heavy atom. The van der Waals surface area contributed by atoms with E-state index < -0.39 is 0 Å². The summed E-state index contributed by atoms with van der Waals surface area (Å²) in [5.41, 5.74) is 0.250. The molecule has 1 aromatic heterocycles. The molecule has 2 saturated heterocycles. The number of piperidine rings is 1. The van der Waals surface area contributed by atoms with Crippen molar-refractivity contribution in [1.82, 2.24) is 15.6 Å². The van der Waals surface area contributed by atoms with Crippen LogP contribution in [0.25, 0.3) is 0 Å². The van der Waals surface area contributed by atoms with Crippen molar-refractivity contribution in [3.8, 4) is 0 Å². The zero-order valence-electron chi connectivity index (χ0n) is 14.1. The van der Waals surface area contributed by atoms with Crippen molar-refractivity contribution in [2.24, 2.45) is 10.4 Å². The normalized spacial score (nSPS) is 21.7. The fraction of sp³-hybridized carbons (Fsp3) is 0.647. The number of anilines is 1. The molecule has 0 aliphatic carbocycles. The van der Waals surface area contributed by atoms with Crippen molar-refractivity contribution in [2.75, 3.05) is 44.8 Å². The number of aliphatic imine (C=N–C) groups is 1. The van der Waals surface area contributed by atoms with Gasteiger partial charge in [0, 0.05) is 44.3 Å². The summed E-state index contributed by atoms with van der Waals surface area (Å²) in [6, 6.07) is 6.55. The highest BCUT2D eigenvalue weighted by Crippen LogP contribution is 2.25. The first-order valence-electron chi connectivity index (χ1n) is 8.39. The summed E-state index contributed by atoms with van der Waals surface area (Å²) < 4.78 is 5.30. The molecule has 0 bridgehead atoms. The van der Waals surface area contributed by atoms with Crippen LogP contribution in [0.4, 0.5) is 5.82 Å². The van der Waals surface area contributed by atoms with Crippen LogP contribution < -0.4 is 15.5 Å². The second-order valence-electron chi connectivity index (χ2n) is 6.82. The molecule has 2 N–H and O–H groups in total. The van der Waals surface area contributed by atoms with Gasteiger partial charge in [-0.15, -0.1) is 0 Å². The van der Waals surface area contributed by atoms with Gasteiger partial charge in [0.2, 0.25) is 0 Å². The van der Waals surface area contributed by atoms with Crippen molar-refractivity contribution in [3.63, 3.8) is 0 Å². The molecular formula is C17H27N5O. The molecule has 23 heavy (non-hydrogen) atoms. The molecular weight excluding hydrogens is 290 g/mol. The maximum absolute atomic E-state index is 5.30. The summed E-state index contributed by atoms with van der Waals surface area (Å²) >= 11 is 0. The van der Waals surface area contributed by atoms with Gasteiger partial charge in [-0.2, -0.15) is 0 Å². The molecule has 6 heteroatoms.